The summed E-state index contributed by atoms with van der Waals surface area (Å²) < 4.78 is 5.42. The minimum Gasteiger partial charge on any atom is -0.495 e. The van der Waals surface area contributed by atoms with Crippen molar-refractivity contribution in [1.82, 2.24) is 14.7 Å². The lowest BCUT2D eigenvalue weighted by atomic mass is 10.2. The molecule has 0 radical (unpaired) electrons. The Morgan fingerprint density at radius 1 is 0.926 bits per heavy atom. The van der Waals surface area contributed by atoms with Gasteiger partial charge in [0.2, 0.25) is 0 Å². The van der Waals surface area contributed by atoms with E-state index in [1.54, 1.807) is 16.9 Å². The van der Waals surface area contributed by atoms with E-state index in [0.29, 0.717) is 45.8 Å². The van der Waals surface area contributed by atoms with E-state index in [-0.39, 0.29) is 11.8 Å². The molecular weight excluding hydrogens is 346 g/mol. The smallest absolute Gasteiger partial charge is 0.312 e. The van der Waals surface area contributed by atoms with Gasteiger partial charge in [-0.15, -0.1) is 0 Å². The van der Waals surface area contributed by atoms with Crippen LogP contribution in [0, 0.1) is 0 Å². The molecule has 0 saturated carbocycles. The summed E-state index contributed by atoms with van der Waals surface area (Å²) in [6.07, 6.45) is 0. The molecular formula is C19H29N5O3. The number of carbonyl (C=O) groups is 2. The van der Waals surface area contributed by atoms with E-state index in [2.05, 4.69) is 9.80 Å². The summed E-state index contributed by atoms with van der Waals surface area (Å²) in [5.74, 6) is 0.0544. The highest BCUT2D eigenvalue weighted by molar-refractivity contribution is 6.35. The molecule has 2 fully saturated rings. The number of piperazine rings is 2. The summed E-state index contributed by atoms with van der Waals surface area (Å²) in [7, 11) is 1.66. The molecule has 148 valence electrons. The van der Waals surface area contributed by atoms with Gasteiger partial charge in [0.15, 0.2) is 0 Å². The molecule has 0 aromatic heterocycles. The van der Waals surface area contributed by atoms with Crippen molar-refractivity contribution in [1.29, 1.82) is 0 Å². The summed E-state index contributed by atoms with van der Waals surface area (Å²) in [5, 5.41) is 0. The number of benzene rings is 1. The Morgan fingerprint density at radius 3 is 2.04 bits per heavy atom. The quantitative estimate of drug-likeness (QED) is 0.711. The Balaban J connectivity index is 1.52. The van der Waals surface area contributed by atoms with Gasteiger partial charge in [0.05, 0.1) is 12.8 Å². The molecule has 8 heteroatoms. The van der Waals surface area contributed by atoms with Gasteiger partial charge in [-0.25, -0.2) is 0 Å². The lowest BCUT2D eigenvalue weighted by Gasteiger charge is -2.38. The summed E-state index contributed by atoms with van der Waals surface area (Å²) in [5.41, 5.74) is 6.60. The second kappa shape index (κ2) is 9.05. The first-order chi connectivity index (χ1) is 13.1. The highest BCUT2D eigenvalue weighted by Crippen LogP contribution is 2.28. The van der Waals surface area contributed by atoms with Crippen LogP contribution in [-0.2, 0) is 9.59 Å². The highest BCUT2D eigenvalue weighted by atomic mass is 16.5. The van der Waals surface area contributed by atoms with Gasteiger partial charge in [0, 0.05) is 65.4 Å². The minimum absolute atomic E-state index is 0.381. The monoisotopic (exact) mass is 375 g/mol. The molecule has 0 spiro atoms. The lowest BCUT2D eigenvalue weighted by molar-refractivity contribution is -0.153. The Bertz CT molecular complexity index is 653. The van der Waals surface area contributed by atoms with Crippen LogP contribution in [0.25, 0.3) is 0 Å². The largest absolute Gasteiger partial charge is 0.495 e. The van der Waals surface area contributed by atoms with Crippen molar-refractivity contribution < 1.29 is 14.3 Å². The SMILES string of the molecule is COc1ccccc1N1CCN(C(=O)C(=O)N2CCN(CCN)CC2)CC1. The van der Waals surface area contributed by atoms with Crippen LogP contribution in [-0.4, -0.2) is 99.1 Å². The van der Waals surface area contributed by atoms with Crippen molar-refractivity contribution >= 4 is 17.5 Å². The molecule has 0 aliphatic carbocycles. The van der Waals surface area contributed by atoms with Crippen LogP contribution in [0.2, 0.25) is 0 Å². The molecule has 27 heavy (non-hydrogen) atoms. The molecule has 2 amide bonds. The molecule has 2 aliphatic rings. The van der Waals surface area contributed by atoms with E-state index in [9.17, 15) is 9.59 Å². The summed E-state index contributed by atoms with van der Waals surface area (Å²) >= 11 is 0. The molecule has 1 aromatic carbocycles. The zero-order chi connectivity index (χ0) is 19.2. The van der Waals surface area contributed by atoms with Crippen LogP contribution < -0.4 is 15.4 Å². The van der Waals surface area contributed by atoms with Gasteiger partial charge in [0.25, 0.3) is 0 Å². The topological polar surface area (TPSA) is 82.4 Å². The van der Waals surface area contributed by atoms with Crippen LogP contribution in [0.1, 0.15) is 0 Å². The molecule has 3 rings (SSSR count). The second-order valence-electron chi connectivity index (χ2n) is 6.87. The van der Waals surface area contributed by atoms with E-state index >= 15 is 0 Å². The maximum atomic E-state index is 12.6. The van der Waals surface area contributed by atoms with Gasteiger partial charge >= 0.3 is 11.8 Å². The lowest BCUT2D eigenvalue weighted by Crippen LogP contribution is -2.56. The fourth-order valence-corrected chi connectivity index (χ4v) is 3.67. The summed E-state index contributed by atoms with van der Waals surface area (Å²) in [6.45, 7) is 6.62. The number of carbonyl (C=O) groups excluding carboxylic acids is 2. The van der Waals surface area contributed by atoms with Crippen LogP contribution in [0.4, 0.5) is 5.69 Å². The molecule has 2 saturated heterocycles. The Hall–Kier alpha value is -2.32. The van der Waals surface area contributed by atoms with Crippen LogP contribution in [0.5, 0.6) is 5.75 Å². The molecule has 0 atom stereocenters. The zero-order valence-electron chi connectivity index (χ0n) is 16.0. The van der Waals surface area contributed by atoms with Crippen LogP contribution in [0.15, 0.2) is 24.3 Å². The number of nitrogens with zero attached hydrogens (tertiary/aromatic N) is 4. The maximum absolute atomic E-state index is 12.6. The Morgan fingerprint density at radius 2 is 1.48 bits per heavy atom. The number of para-hydroxylation sites is 2. The van der Waals surface area contributed by atoms with Crippen LogP contribution in [0.3, 0.4) is 0 Å². The first kappa shape index (κ1) is 19.4. The molecule has 1 aromatic rings. The van der Waals surface area contributed by atoms with E-state index in [4.69, 9.17) is 10.5 Å². The summed E-state index contributed by atoms with van der Waals surface area (Å²) in [4.78, 5) is 33.0. The number of methoxy groups -OCH3 is 1. The Kier molecular flexibility index (Phi) is 6.52. The molecule has 2 aliphatic heterocycles. The molecule has 2 N–H and O–H groups in total. The van der Waals surface area contributed by atoms with E-state index < -0.39 is 0 Å². The van der Waals surface area contributed by atoms with Gasteiger partial charge in [-0.1, -0.05) is 12.1 Å². The normalized spacial score (nSPS) is 18.5. The number of ether oxygens (including phenoxy) is 1. The van der Waals surface area contributed by atoms with Gasteiger partial charge in [-0.2, -0.15) is 0 Å². The number of hydrogen-bond donors (Lipinski definition) is 1. The average molecular weight is 375 g/mol. The van der Waals surface area contributed by atoms with Crippen LogP contribution >= 0.6 is 0 Å². The van der Waals surface area contributed by atoms with Gasteiger partial charge in [0.1, 0.15) is 5.75 Å². The van der Waals surface area contributed by atoms with Crippen molar-refractivity contribution in [2.45, 2.75) is 0 Å². The third-order valence-corrected chi connectivity index (χ3v) is 5.28. The molecule has 0 unspecified atom stereocenters. The van der Waals surface area contributed by atoms with E-state index in [1.807, 2.05) is 24.3 Å². The molecule has 8 nitrogen and oxygen atoms in total. The maximum Gasteiger partial charge on any atom is 0.312 e. The third kappa shape index (κ3) is 4.51. The number of anilines is 1. The summed E-state index contributed by atoms with van der Waals surface area (Å²) in [6, 6.07) is 7.86. The van der Waals surface area contributed by atoms with E-state index in [1.165, 1.54) is 0 Å². The Labute approximate surface area is 160 Å². The minimum atomic E-state index is -0.387. The third-order valence-electron chi connectivity index (χ3n) is 5.28. The predicted octanol–water partition coefficient (Wildman–Crippen LogP) is -0.553. The first-order valence-electron chi connectivity index (χ1n) is 9.52. The average Bonchev–Trinajstić information content (AvgIpc) is 2.73. The number of nitrogens with two attached hydrogens (primary N) is 1. The fraction of sp³-hybridized carbons (Fsp3) is 0.579. The fourth-order valence-electron chi connectivity index (χ4n) is 3.67. The van der Waals surface area contributed by atoms with E-state index in [0.717, 1.165) is 31.1 Å². The molecule has 2 heterocycles. The van der Waals surface area contributed by atoms with Gasteiger partial charge < -0.3 is 25.2 Å². The van der Waals surface area contributed by atoms with Crippen molar-refractivity contribution in [3.63, 3.8) is 0 Å². The first-order valence-corrected chi connectivity index (χ1v) is 9.52. The predicted molar refractivity (Wildman–Crippen MR) is 104 cm³/mol. The van der Waals surface area contributed by atoms with Crippen molar-refractivity contribution in [2.75, 3.05) is 77.5 Å². The number of hydrogen-bond acceptors (Lipinski definition) is 6. The number of rotatable bonds is 4. The van der Waals surface area contributed by atoms with Gasteiger partial charge in [-0.3, -0.25) is 14.5 Å². The van der Waals surface area contributed by atoms with Crippen molar-refractivity contribution in [3.8, 4) is 5.75 Å². The van der Waals surface area contributed by atoms with Crippen molar-refractivity contribution in [3.05, 3.63) is 24.3 Å². The highest BCUT2D eigenvalue weighted by Gasteiger charge is 2.31. The van der Waals surface area contributed by atoms with Gasteiger partial charge in [-0.05, 0) is 12.1 Å². The standard InChI is InChI=1S/C19H29N5O3/c1-27-17-5-3-2-4-16(17)22-12-14-24(15-13-22)19(26)18(25)23-10-8-21(7-6-20)9-11-23/h2-5H,6-15,20H2,1H3. The molecule has 0 bridgehead atoms. The van der Waals surface area contributed by atoms with Crippen molar-refractivity contribution in [2.24, 2.45) is 5.73 Å². The number of amides is 2. The zero-order valence-corrected chi connectivity index (χ0v) is 16.0. The second-order valence-corrected chi connectivity index (χ2v) is 6.87.